The topological polar surface area (TPSA) is 32.7 Å². The molecule has 0 radical (unpaired) electrons. The fourth-order valence-electron chi connectivity index (χ4n) is 3.02. The maximum Gasteiger partial charge on any atom is 0.212 e. The van der Waals surface area contributed by atoms with Crippen molar-refractivity contribution in [2.75, 3.05) is 5.01 Å². The Kier molecular flexibility index (Phi) is 4.62. The number of carbonyl (C=O) groups excluding carboxylic acids is 1. The van der Waals surface area contributed by atoms with E-state index >= 15 is 0 Å². The van der Waals surface area contributed by atoms with Crippen molar-refractivity contribution in [1.29, 1.82) is 0 Å². The second-order valence-electron chi connectivity index (χ2n) is 5.96. The molecule has 26 heavy (non-hydrogen) atoms. The van der Waals surface area contributed by atoms with Gasteiger partial charge in [0.1, 0.15) is 11.8 Å². The zero-order valence-corrected chi connectivity index (χ0v) is 16.0. The van der Waals surface area contributed by atoms with E-state index in [1.807, 2.05) is 66.7 Å². The number of hydrogen-bond acceptors (Lipinski definition) is 3. The van der Waals surface area contributed by atoms with E-state index in [2.05, 4.69) is 21.0 Å². The van der Waals surface area contributed by atoms with Gasteiger partial charge in [-0.3, -0.25) is 4.79 Å². The zero-order valence-electron chi connectivity index (χ0n) is 13.6. The van der Waals surface area contributed by atoms with Crippen molar-refractivity contribution in [3.8, 4) is 0 Å². The molecule has 0 aliphatic carbocycles. The maximum atomic E-state index is 13.3. The Morgan fingerprint density at radius 1 is 0.923 bits per heavy atom. The van der Waals surface area contributed by atoms with Gasteiger partial charge in [-0.2, -0.15) is 5.10 Å². The normalized spacial score (nSPS) is 16.7. The number of benzene rings is 3. The van der Waals surface area contributed by atoms with E-state index < -0.39 is 6.04 Å². The maximum absolute atomic E-state index is 13.3. The van der Waals surface area contributed by atoms with Gasteiger partial charge in [0.25, 0.3) is 0 Å². The van der Waals surface area contributed by atoms with Crippen LogP contribution in [-0.2, 0) is 4.79 Å². The highest BCUT2D eigenvalue weighted by Crippen LogP contribution is 2.35. The number of anilines is 1. The molecule has 3 nitrogen and oxygen atoms in total. The minimum Gasteiger partial charge on any atom is -0.289 e. The van der Waals surface area contributed by atoms with Crippen LogP contribution in [0.15, 0.2) is 88.4 Å². The van der Waals surface area contributed by atoms with Crippen LogP contribution in [0, 0.1) is 0 Å². The van der Waals surface area contributed by atoms with Gasteiger partial charge in [-0.25, -0.2) is 5.01 Å². The van der Waals surface area contributed by atoms with E-state index in [0.29, 0.717) is 10.7 Å². The lowest BCUT2D eigenvalue weighted by Crippen LogP contribution is -2.25. The summed E-state index contributed by atoms with van der Waals surface area (Å²) in [5.74, 6) is -0.0331. The molecule has 3 aromatic rings. The van der Waals surface area contributed by atoms with Crippen molar-refractivity contribution < 1.29 is 4.79 Å². The largest absolute Gasteiger partial charge is 0.289 e. The molecular formula is C21H14BrClN2O. The number of nitrogens with zero attached hydrogens (tertiary/aromatic N) is 2. The smallest absolute Gasteiger partial charge is 0.212 e. The molecule has 0 saturated carbocycles. The van der Waals surface area contributed by atoms with E-state index in [-0.39, 0.29) is 5.78 Å². The summed E-state index contributed by atoms with van der Waals surface area (Å²) < 4.78 is 0.909. The molecule has 1 heterocycles. The highest BCUT2D eigenvalue weighted by atomic mass is 79.9. The molecule has 3 aromatic carbocycles. The molecule has 0 amide bonds. The van der Waals surface area contributed by atoms with E-state index in [0.717, 1.165) is 21.3 Å². The summed E-state index contributed by atoms with van der Waals surface area (Å²) in [4.78, 5) is 13.3. The van der Waals surface area contributed by atoms with E-state index in [9.17, 15) is 4.79 Å². The number of hydrogen-bond donors (Lipinski definition) is 0. The third-order valence-corrected chi connectivity index (χ3v) is 4.98. The first-order valence-electron chi connectivity index (χ1n) is 8.12. The lowest BCUT2D eigenvalue weighted by Gasteiger charge is -2.22. The number of Topliss-reactive ketones (excluding diaryl/α,β-unsaturated/α-hetero) is 1. The Balaban J connectivity index is 1.82. The highest BCUT2D eigenvalue weighted by molar-refractivity contribution is 9.10. The first-order chi connectivity index (χ1) is 12.6. The molecule has 1 aliphatic heterocycles. The van der Waals surface area contributed by atoms with Crippen LogP contribution in [0.1, 0.15) is 17.2 Å². The van der Waals surface area contributed by atoms with E-state index in [1.54, 1.807) is 17.1 Å². The fourth-order valence-corrected chi connectivity index (χ4v) is 3.54. The number of hydrazone groups is 1. The van der Waals surface area contributed by atoms with Gasteiger partial charge in [0.05, 0.1) is 5.69 Å². The SMILES string of the molecule is O=C1C(c2cccc(Br)c2)=NN(c2ccccc2)C1c1ccc(Cl)cc1. The average Bonchev–Trinajstić information content (AvgIpc) is 3.00. The fraction of sp³-hybridized carbons (Fsp3) is 0.0476. The van der Waals surface area contributed by atoms with Crippen molar-refractivity contribution in [2.45, 2.75) is 6.04 Å². The van der Waals surface area contributed by atoms with Crippen molar-refractivity contribution in [3.63, 3.8) is 0 Å². The molecule has 0 N–H and O–H groups in total. The molecule has 5 heteroatoms. The van der Waals surface area contributed by atoms with Crippen LogP contribution in [-0.4, -0.2) is 11.5 Å². The summed E-state index contributed by atoms with van der Waals surface area (Å²) in [7, 11) is 0. The molecule has 128 valence electrons. The number of para-hydroxylation sites is 1. The summed E-state index contributed by atoms with van der Waals surface area (Å²) in [6.45, 7) is 0. The van der Waals surface area contributed by atoms with Gasteiger partial charge < -0.3 is 0 Å². The molecule has 1 unspecified atom stereocenters. The van der Waals surface area contributed by atoms with Crippen LogP contribution < -0.4 is 5.01 Å². The number of halogens is 2. The first kappa shape index (κ1) is 17.0. The van der Waals surface area contributed by atoms with Gasteiger partial charge in [-0.05, 0) is 42.0 Å². The molecular weight excluding hydrogens is 412 g/mol. The van der Waals surface area contributed by atoms with Gasteiger partial charge >= 0.3 is 0 Å². The van der Waals surface area contributed by atoms with Crippen LogP contribution in [0.25, 0.3) is 0 Å². The van der Waals surface area contributed by atoms with Gasteiger partial charge in [0.2, 0.25) is 5.78 Å². The van der Waals surface area contributed by atoms with Crippen LogP contribution >= 0.6 is 27.5 Å². The summed E-state index contributed by atoms with van der Waals surface area (Å²) in [6.07, 6.45) is 0. The van der Waals surface area contributed by atoms with Crippen molar-refractivity contribution in [1.82, 2.24) is 0 Å². The highest BCUT2D eigenvalue weighted by Gasteiger charge is 2.38. The lowest BCUT2D eigenvalue weighted by atomic mass is 9.97. The third-order valence-electron chi connectivity index (χ3n) is 4.24. The van der Waals surface area contributed by atoms with Gasteiger partial charge in [-0.15, -0.1) is 0 Å². The lowest BCUT2D eigenvalue weighted by molar-refractivity contribution is -0.113. The minimum absolute atomic E-state index is 0.0331. The second-order valence-corrected chi connectivity index (χ2v) is 7.31. The Bertz CT molecular complexity index is 986. The van der Waals surface area contributed by atoms with Crippen LogP contribution in [0.3, 0.4) is 0 Å². The summed E-state index contributed by atoms with van der Waals surface area (Å²) in [5, 5.41) is 7.09. The van der Waals surface area contributed by atoms with Gasteiger partial charge in [-0.1, -0.05) is 70.0 Å². The molecule has 1 aliphatic rings. The predicted molar refractivity (Wildman–Crippen MR) is 109 cm³/mol. The standard InChI is InChI=1S/C21H14BrClN2O/c22-16-6-4-5-15(13-16)19-21(26)20(14-9-11-17(23)12-10-14)25(24-19)18-7-2-1-3-8-18/h1-13,20H. The Labute approximate surface area is 165 Å². The quantitative estimate of drug-likeness (QED) is 0.544. The minimum atomic E-state index is -0.511. The van der Waals surface area contributed by atoms with Crippen molar-refractivity contribution >= 4 is 44.7 Å². The van der Waals surface area contributed by atoms with Crippen LogP contribution in [0.4, 0.5) is 5.69 Å². The number of carbonyl (C=O) groups is 1. The van der Waals surface area contributed by atoms with E-state index in [4.69, 9.17) is 11.6 Å². The van der Waals surface area contributed by atoms with Crippen LogP contribution in [0.5, 0.6) is 0 Å². The monoisotopic (exact) mass is 424 g/mol. The molecule has 0 spiro atoms. The number of ketones is 1. The van der Waals surface area contributed by atoms with Gasteiger partial charge in [0.15, 0.2) is 0 Å². The Morgan fingerprint density at radius 2 is 1.65 bits per heavy atom. The third kappa shape index (κ3) is 3.18. The average molecular weight is 426 g/mol. The number of rotatable bonds is 3. The molecule has 1 atom stereocenters. The van der Waals surface area contributed by atoms with E-state index in [1.165, 1.54) is 0 Å². The zero-order chi connectivity index (χ0) is 18.1. The Morgan fingerprint density at radius 3 is 2.35 bits per heavy atom. The van der Waals surface area contributed by atoms with Crippen LogP contribution in [0.2, 0.25) is 5.02 Å². The molecule has 0 bridgehead atoms. The second kappa shape index (κ2) is 7.06. The predicted octanol–water partition coefficient (Wildman–Crippen LogP) is 5.64. The molecule has 0 saturated heterocycles. The molecule has 0 fully saturated rings. The van der Waals surface area contributed by atoms with Crippen molar-refractivity contribution in [2.24, 2.45) is 5.10 Å². The van der Waals surface area contributed by atoms with Gasteiger partial charge in [0, 0.05) is 15.1 Å². The Hall–Kier alpha value is -2.43. The summed E-state index contributed by atoms with van der Waals surface area (Å²) in [6, 6.07) is 24.2. The summed E-state index contributed by atoms with van der Waals surface area (Å²) >= 11 is 9.48. The summed E-state index contributed by atoms with van der Waals surface area (Å²) in [5.41, 5.74) is 2.97. The first-order valence-corrected chi connectivity index (χ1v) is 9.29. The molecule has 0 aromatic heterocycles. The van der Waals surface area contributed by atoms with Crippen molar-refractivity contribution in [3.05, 3.63) is 99.5 Å². The molecule has 4 rings (SSSR count).